The maximum atomic E-state index is 11.3. The van der Waals surface area contributed by atoms with E-state index in [2.05, 4.69) is 0 Å². The molecule has 0 aromatic rings. The number of carboxylic acids is 1. The monoisotopic (exact) mass is 187 g/mol. The molecule has 0 saturated carbocycles. The molecule has 1 saturated heterocycles. The second-order valence-electron chi connectivity index (χ2n) is 3.20. The van der Waals surface area contributed by atoms with Crippen LogP contribution in [0.25, 0.3) is 0 Å². The van der Waals surface area contributed by atoms with Crippen molar-refractivity contribution in [3.63, 3.8) is 0 Å². The summed E-state index contributed by atoms with van der Waals surface area (Å²) in [6.45, 7) is 1.78. The van der Waals surface area contributed by atoms with E-state index in [1.807, 2.05) is 0 Å². The smallest absolute Gasteiger partial charge is 0.326 e. The number of carbonyl (C=O) groups is 2. The lowest BCUT2D eigenvalue weighted by molar-refractivity contribution is -0.151. The molecule has 0 aliphatic carbocycles. The van der Waals surface area contributed by atoms with E-state index in [4.69, 9.17) is 10.2 Å². The molecule has 2 N–H and O–H groups in total. The zero-order valence-corrected chi connectivity index (χ0v) is 7.43. The van der Waals surface area contributed by atoms with Gasteiger partial charge in [0.15, 0.2) is 0 Å². The number of carbonyl (C=O) groups excluding carboxylic acids is 1. The van der Waals surface area contributed by atoms with Crippen LogP contribution in [0, 0.1) is 0 Å². The lowest BCUT2D eigenvalue weighted by atomic mass is 10.2. The Balaban J connectivity index is 2.68. The third-order valence-electron chi connectivity index (χ3n) is 2.18. The average Bonchev–Trinajstić information content (AvgIpc) is 2.50. The number of hydrogen-bond acceptors (Lipinski definition) is 3. The van der Waals surface area contributed by atoms with Crippen LogP contribution in [0.5, 0.6) is 0 Å². The first-order valence-electron chi connectivity index (χ1n) is 4.25. The molecule has 2 atom stereocenters. The van der Waals surface area contributed by atoms with Gasteiger partial charge in [0, 0.05) is 6.54 Å². The number of aliphatic hydroxyl groups excluding tert-OH is 1. The number of likely N-dealkylation sites (tertiary alicyclic amines) is 1. The number of aliphatic hydroxyl groups is 1. The minimum Gasteiger partial charge on any atom is -0.480 e. The molecule has 13 heavy (non-hydrogen) atoms. The van der Waals surface area contributed by atoms with Crippen molar-refractivity contribution < 1.29 is 19.8 Å². The third kappa shape index (κ3) is 1.98. The van der Waals surface area contributed by atoms with E-state index in [-0.39, 0.29) is 0 Å². The predicted octanol–water partition coefficient (Wildman–Crippen LogP) is -0.557. The molecule has 0 radical (unpaired) electrons. The molecule has 0 aromatic heterocycles. The van der Waals surface area contributed by atoms with Gasteiger partial charge in [-0.3, -0.25) is 4.79 Å². The largest absolute Gasteiger partial charge is 0.480 e. The van der Waals surface area contributed by atoms with Gasteiger partial charge in [-0.2, -0.15) is 0 Å². The molecule has 1 heterocycles. The van der Waals surface area contributed by atoms with E-state index in [1.165, 1.54) is 11.8 Å². The Kier molecular flexibility index (Phi) is 2.87. The van der Waals surface area contributed by atoms with Gasteiger partial charge in [-0.1, -0.05) is 0 Å². The molecule has 1 aliphatic rings. The Hall–Kier alpha value is -1.10. The van der Waals surface area contributed by atoms with Crippen molar-refractivity contribution in [2.75, 3.05) is 6.54 Å². The summed E-state index contributed by atoms with van der Waals surface area (Å²) in [4.78, 5) is 23.2. The van der Waals surface area contributed by atoms with Crippen LogP contribution in [0.3, 0.4) is 0 Å². The molecule has 0 aromatic carbocycles. The molecular weight excluding hydrogens is 174 g/mol. The Bertz CT molecular complexity index is 226. The van der Waals surface area contributed by atoms with E-state index in [1.54, 1.807) is 0 Å². The second kappa shape index (κ2) is 3.74. The van der Waals surface area contributed by atoms with Crippen molar-refractivity contribution in [3.8, 4) is 0 Å². The van der Waals surface area contributed by atoms with Crippen molar-refractivity contribution in [2.45, 2.75) is 31.9 Å². The van der Waals surface area contributed by atoms with Gasteiger partial charge in [-0.25, -0.2) is 4.79 Å². The molecule has 1 fully saturated rings. The lowest BCUT2D eigenvalue weighted by Gasteiger charge is -2.22. The second-order valence-corrected chi connectivity index (χ2v) is 3.20. The molecule has 1 amide bonds. The normalized spacial score (nSPS) is 24.5. The summed E-state index contributed by atoms with van der Waals surface area (Å²) in [6.07, 6.45) is 0.0587. The SMILES string of the molecule is CC(O)C(=O)N1CCCC1C(=O)O. The van der Waals surface area contributed by atoms with Crippen molar-refractivity contribution >= 4 is 11.9 Å². The van der Waals surface area contributed by atoms with Crippen LogP contribution in [0.15, 0.2) is 0 Å². The van der Waals surface area contributed by atoms with Gasteiger partial charge >= 0.3 is 5.97 Å². The fourth-order valence-corrected chi connectivity index (χ4v) is 1.53. The van der Waals surface area contributed by atoms with Crippen LogP contribution < -0.4 is 0 Å². The minimum absolute atomic E-state index is 0.431. The van der Waals surface area contributed by atoms with Crippen LogP contribution >= 0.6 is 0 Å². The maximum absolute atomic E-state index is 11.3. The minimum atomic E-state index is -1.11. The first-order valence-corrected chi connectivity index (χ1v) is 4.25. The van der Waals surface area contributed by atoms with Gasteiger partial charge in [0.2, 0.25) is 0 Å². The number of rotatable bonds is 2. The molecule has 1 rings (SSSR count). The summed E-state index contributed by atoms with van der Waals surface area (Å²) in [5.41, 5.74) is 0. The highest BCUT2D eigenvalue weighted by Gasteiger charge is 2.35. The van der Waals surface area contributed by atoms with Gasteiger partial charge in [-0.15, -0.1) is 0 Å². The Labute approximate surface area is 76.0 Å². The molecule has 1 aliphatic heterocycles. The molecule has 0 spiro atoms. The van der Waals surface area contributed by atoms with Crippen LogP contribution in [0.2, 0.25) is 0 Å². The van der Waals surface area contributed by atoms with Gasteiger partial charge in [0.25, 0.3) is 5.91 Å². The molecule has 5 nitrogen and oxygen atoms in total. The van der Waals surface area contributed by atoms with Crippen LogP contribution in [-0.2, 0) is 9.59 Å². The molecule has 0 bridgehead atoms. The number of nitrogens with zero attached hydrogens (tertiary/aromatic N) is 1. The van der Waals surface area contributed by atoms with Gasteiger partial charge in [-0.05, 0) is 19.8 Å². The summed E-state index contributed by atoms with van der Waals surface area (Å²) in [5, 5.41) is 17.7. The van der Waals surface area contributed by atoms with E-state index in [9.17, 15) is 9.59 Å². The summed E-state index contributed by atoms with van der Waals surface area (Å²) in [7, 11) is 0. The molecule has 5 heteroatoms. The quantitative estimate of drug-likeness (QED) is 0.607. The molecule has 74 valence electrons. The van der Waals surface area contributed by atoms with Crippen molar-refractivity contribution in [2.24, 2.45) is 0 Å². The Morgan fingerprint density at radius 3 is 2.62 bits per heavy atom. The molecule has 2 unspecified atom stereocenters. The highest BCUT2D eigenvalue weighted by Crippen LogP contribution is 2.18. The first kappa shape index (κ1) is 9.98. The fraction of sp³-hybridized carbons (Fsp3) is 0.750. The van der Waals surface area contributed by atoms with E-state index >= 15 is 0 Å². The highest BCUT2D eigenvalue weighted by molar-refractivity contribution is 5.86. The number of carboxylic acid groups (broad SMARTS) is 1. The number of aliphatic carboxylic acids is 1. The van der Waals surface area contributed by atoms with Crippen LogP contribution in [-0.4, -0.2) is 45.7 Å². The summed E-state index contributed by atoms with van der Waals surface area (Å²) < 4.78 is 0. The van der Waals surface area contributed by atoms with Crippen molar-refractivity contribution in [3.05, 3.63) is 0 Å². The van der Waals surface area contributed by atoms with Crippen molar-refractivity contribution in [1.82, 2.24) is 4.90 Å². The van der Waals surface area contributed by atoms with Crippen LogP contribution in [0.4, 0.5) is 0 Å². The fourth-order valence-electron chi connectivity index (χ4n) is 1.53. The third-order valence-corrected chi connectivity index (χ3v) is 2.18. The summed E-state index contributed by atoms with van der Waals surface area (Å²) >= 11 is 0. The standard InChI is InChI=1S/C8H13NO4/c1-5(10)7(11)9-4-2-3-6(9)8(12)13/h5-6,10H,2-4H2,1H3,(H,12,13). The number of amides is 1. The average molecular weight is 187 g/mol. The maximum Gasteiger partial charge on any atom is 0.326 e. The Morgan fingerprint density at radius 2 is 2.15 bits per heavy atom. The van der Waals surface area contributed by atoms with E-state index in [0.717, 1.165) is 0 Å². The van der Waals surface area contributed by atoms with Gasteiger partial charge < -0.3 is 15.1 Å². The first-order chi connectivity index (χ1) is 6.04. The van der Waals surface area contributed by atoms with Crippen LogP contribution in [0.1, 0.15) is 19.8 Å². The zero-order valence-electron chi connectivity index (χ0n) is 7.43. The predicted molar refractivity (Wildman–Crippen MR) is 44.1 cm³/mol. The summed E-state index contributed by atoms with van der Waals surface area (Å²) in [5.74, 6) is -1.49. The zero-order chi connectivity index (χ0) is 10.0. The van der Waals surface area contributed by atoms with Crippen molar-refractivity contribution in [1.29, 1.82) is 0 Å². The Morgan fingerprint density at radius 1 is 1.54 bits per heavy atom. The summed E-state index contributed by atoms with van der Waals surface area (Å²) in [6, 6.07) is -0.748. The van der Waals surface area contributed by atoms with E-state index < -0.39 is 24.0 Å². The van der Waals surface area contributed by atoms with Gasteiger partial charge in [0.1, 0.15) is 12.1 Å². The lowest BCUT2D eigenvalue weighted by Crippen LogP contribution is -2.44. The highest BCUT2D eigenvalue weighted by atomic mass is 16.4. The molecular formula is C8H13NO4. The van der Waals surface area contributed by atoms with E-state index in [0.29, 0.717) is 19.4 Å². The number of hydrogen-bond donors (Lipinski definition) is 2. The van der Waals surface area contributed by atoms with Gasteiger partial charge in [0.05, 0.1) is 0 Å². The topological polar surface area (TPSA) is 77.8 Å².